The molecule has 4 rings (SSSR count). The topological polar surface area (TPSA) is 9.23 Å². The van der Waals surface area contributed by atoms with Crippen molar-refractivity contribution in [1.82, 2.24) is 0 Å². The van der Waals surface area contributed by atoms with Crippen LogP contribution in [0.1, 0.15) is 38.5 Å². The third-order valence-electron chi connectivity index (χ3n) is 4.31. The normalized spacial score (nSPS) is 60.6. The lowest BCUT2D eigenvalue weighted by Crippen LogP contribution is -2.62. The van der Waals surface area contributed by atoms with Crippen LogP contribution >= 0.6 is 31.9 Å². The van der Waals surface area contributed by atoms with E-state index in [1.807, 2.05) is 7.11 Å². The maximum Gasteiger partial charge on any atom is 0.0708 e. The molecular formula is C11H16Br2O. The molecule has 80 valence electrons. The minimum atomic E-state index is 0.173. The summed E-state index contributed by atoms with van der Waals surface area (Å²) in [4.78, 5) is 0. The van der Waals surface area contributed by atoms with Gasteiger partial charge in [0, 0.05) is 15.8 Å². The fourth-order valence-electron chi connectivity index (χ4n) is 4.35. The number of ether oxygens (including phenoxy) is 1. The lowest BCUT2D eigenvalue weighted by atomic mass is 9.54. The molecule has 0 N–H and O–H groups in total. The Kier molecular flexibility index (Phi) is 2.00. The van der Waals surface area contributed by atoms with Crippen molar-refractivity contribution in [2.75, 3.05) is 7.11 Å². The molecule has 4 bridgehead atoms. The van der Waals surface area contributed by atoms with Crippen molar-refractivity contribution in [3.8, 4) is 0 Å². The number of halogens is 2. The van der Waals surface area contributed by atoms with Gasteiger partial charge in [0.2, 0.25) is 0 Å². The van der Waals surface area contributed by atoms with E-state index >= 15 is 0 Å². The standard InChI is InChI=1S/C11H16Br2O/c1-14-11-4-8-2-9(12,6-11)5-10(13,3-8)7-11/h8H,2-7H2,1H3. The first-order valence-corrected chi connectivity index (χ1v) is 6.98. The van der Waals surface area contributed by atoms with Crippen LogP contribution in [0.25, 0.3) is 0 Å². The summed E-state index contributed by atoms with van der Waals surface area (Å²) in [5.74, 6) is 0.866. The van der Waals surface area contributed by atoms with Gasteiger partial charge in [0.15, 0.2) is 0 Å². The average molecular weight is 324 g/mol. The number of hydrogen-bond acceptors (Lipinski definition) is 1. The van der Waals surface area contributed by atoms with Gasteiger partial charge >= 0.3 is 0 Å². The average Bonchev–Trinajstić information content (AvgIpc) is 1.97. The number of alkyl halides is 2. The van der Waals surface area contributed by atoms with Crippen LogP contribution in [0.15, 0.2) is 0 Å². The highest BCUT2D eigenvalue weighted by atomic mass is 79.9. The van der Waals surface area contributed by atoms with Crippen LogP contribution in [-0.2, 0) is 4.74 Å². The Hall–Kier alpha value is 0.920. The SMILES string of the molecule is COC12CC3CC(Br)(CC(Br)(C3)C1)C2. The molecule has 0 saturated heterocycles. The Morgan fingerprint density at radius 2 is 1.57 bits per heavy atom. The molecule has 0 spiro atoms. The molecule has 1 nitrogen and oxygen atoms in total. The van der Waals surface area contributed by atoms with Crippen LogP contribution in [0.2, 0.25) is 0 Å². The molecule has 2 unspecified atom stereocenters. The Morgan fingerprint density at radius 3 is 2.00 bits per heavy atom. The summed E-state index contributed by atoms with van der Waals surface area (Å²) in [6, 6.07) is 0. The smallest absolute Gasteiger partial charge is 0.0708 e. The van der Waals surface area contributed by atoms with Gasteiger partial charge in [0.25, 0.3) is 0 Å². The summed E-state index contributed by atoms with van der Waals surface area (Å²) in [5, 5.41) is 0. The van der Waals surface area contributed by atoms with Crippen molar-refractivity contribution >= 4 is 31.9 Å². The van der Waals surface area contributed by atoms with Crippen LogP contribution in [0.3, 0.4) is 0 Å². The van der Waals surface area contributed by atoms with Crippen molar-refractivity contribution in [2.24, 2.45) is 5.92 Å². The van der Waals surface area contributed by atoms with Gasteiger partial charge in [-0.15, -0.1) is 0 Å². The molecule has 0 aromatic carbocycles. The molecule has 0 radical (unpaired) electrons. The fraction of sp³-hybridized carbons (Fsp3) is 1.00. The van der Waals surface area contributed by atoms with Crippen molar-refractivity contribution in [3.63, 3.8) is 0 Å². The van der Waals surface area contributed by atoms with Crippen molar-refractivity contribution < 1.29 is 4.74 Å². The first kappa shape index (κ1) is 10.1. The van der Waals surface area contributed by atoms with Gasteiger partial charge in [-0.1, -0.05) is 31.9 Å². The van der Waals surface area contributed by atoms with Gasteiger partial charge in [-0.25, -0.2) is 0 Å². The Labute approximate surface area is 102 Å². The van der Waals surface area contributed by atoms with Crippen LogP contribution in [0.4, 0.5) is 0 Å². The van der Waals surface area contributed by atoms with Gasteiger partial charge in [0.1, 0.15) is 0 Å². The summed E-state index contributed by atoms with van der Waals surface area (Å²) in [5.41, 5.74) is 0.173. The van der Waals surface area contributed by atoms with Crippen LogP contribution in [0.5, 0.6) is 0 Å². The second-order valence-corrected chi connectivity index (χ2v) is 9.06. The second-order valence-electron chi connectivity index (χ2n) is 5.70. The van der Waals surface area contributed by atoms with Crippen molar-refractivity contribution in [2.45, 2.75) is 52.8 Å². The third kappa shape index (κ3) is 1.35. The van der Waals surface area contributed by atoms with Gasteiger partial charge in [0.05, 0.1) is 5.60 Å². The zero-order valence-electron chi connectivity index (χ0n) is 8.48. The van der Waals surface area contributed by atoms with E-state index in [9.17, 15) is 0 Å². The third-order valence-corrected chi connectivity index (χ3v) is 6.08. The Balaban J connectivity index is 2.01. The molecule has 3 heteroatoms. The van der Waals surface area contributed by atoms with E-state index in [0.29, 0.717) is 8.65 Å². The van der Waals surface area contributed by atoms with E-state index in [4.69, 9.17) is 4.74 Å². The Bertz CT molecular complexity index is 260. The van der Waals surface area contributed by atoms with E-state index in [2.05, 4.69) is 31.9 Å². The predicted molar refractivity (Wildman–Crippen MR) is 64.2 cm³/mol. The molecule has 4 aliphatic carbocycles. The molecule has 4 fully saturated rings. The van der Waals surface area contributed by atoms with Gasteiger partial charge < -0.3 is 4.74 Å². The molecule has 0 aromatic heterocycles. The van der Waals surface area contributed by atoms with E-state index in [0.717, 1.165) is 5.92 Å². The number of rotatable bonds is 1. The highest BCUT2D eigenvalue weighted by Gasteiger charge is 2.62. The predicted octanol–water partition coefficient (Wildman–Crippen LogP) is 3.64. The van der Waals surface area contributed by atoms with Crippen molar-refractivity contribution in [1.29, 1.82) is 0 Å². The monoisotopic (exact) mass is 322 g/mol. The minimum absolute atomic E-state index is 0.173. The summed E-state index contributed by atoms with van der Waals surface area (Å²) in [7, 11) is 1.89. The molecular weight excluding hydrogens is 308 g/mol. The van der Waals surface area contributed by atoms with E-state index in [1.54, 1.807) is 0 Å². The minimum Gasteiger partial charge on any atom is -0.378 e. The highest BCUT2D eigenvalue weighted by molar-refractivity contribution is 9.10. The Morgan fingerprint density at radius 1 is 1.00 bits per heavy atom. The molecule has 0 heterocycles. The lowest BCUT2D eigenvalue weighted by molar-refractivity contribution is -0.124. The molecule has 0 aromatic rings. The van der Waals surface area contributed by atoms with Crippen molar-refractivity contribution in [3.05, 3.63) is 0 Å². The number of hydrogen-bond donors (Lipinski definition) is 0. The van der Waals surface area contributed by atoms with Crippen LogP contribution in [0, 0.1) is 5.92 Å². The maximum atomic E-state index is 5.82. The number of methoxy groups -OCH3 is 1. The first-order valence-electron chi connectivity index (χ1n) is 5.40. The molecule has 4 saturated carbocycles. The summed E-state index contributed by atoms with van der Waals surface area (Å²) in [6.07, 6.45) is 7.68. The first-order chi connectivity index (χ1) is 6.47. The maximum absolute atomic E-state index is 5.82. The largest absolute Gasteiger partial charge is 0.378 e. The van der Waals surface area contributed by atoms with Crippen LogP contribution < -0.4 is 0 Å². The van der Waals surface area contributed by atoms with Gasteiger partial charge in [-0.3, -0.25) is 0 Å². The molecule has 0 aliphatic heterocycles. The van der Waals surface area contributed by atoms with E-state index in [1.165, 1.54) is 38.5 Å². The van der Waals surface area contributed by atoms with Crippen LogP contribution in [-0.4, -0.2) is 21.4 Å². The molecule has 0 amide bonds. The molecule has 2 atom stereocenters. The van der Waals surface area contributed by atoms with Gasteiger partial charge in [-0.05, 0) is 44.4 Å². The zero-order valence-corrected chi connectivity index (χ0v) is 11.7. The quantitative estimate of drug-likeness (QED) is 0.669. The van der Waals surface area contributed by atoms with Gasteiger partial charge in [-0.2, -0.15) is 0 Å². The fourth-order valence-corrected chi connectivity index (χ4v) is 7.74. The summed E-state index contributed by atoms with van der Waals surface area (Å²) in [6.45, 7) is 0. The lowest BCUT2D eigenvalue weighted by Gasteiger charge is -2.62. The second kappa shape index (κ2) is 2.78. The summed E-state index contributed by atoms with van der Waals surface area (Å²) >= 11 is 7.92. The highest BCUT2D eigenvalue weighted by Crippen LogP contribution is 2.65. The zero-order chi connectivity index (χ0) is 10.0. The molecule has 4 aliphatic rings. The summed E-state index contributed by atoms with van der Waals surface area (Å²) < 4.78 is 6.55. The van der Waals surface area contributed by atoms with E-state index in [-0.39, 0.29) is 5.60 Å². The molecule has 14 heavy (non-hydrogen) atoms. The van der Waals surface area contributed by atoms with E-state index < -0.39 is 0 Å².